The number of nitrogens with one attached hydrogen (secondary N) is 1. The number of ether oxygens (including phenoxy) is 1. The van der Waals surface area contributed by atoms with Gasteiger partial charge in [-0.1, -0.05) is 18.6 Å². The van der Waals surface area contributed by atoms with Crippen LogP contribution in [0.5, 0.6) is 0 Å². The number of esters is 1. The third-order valence-corrected chi connectivity index (χ3v) is 7.47. The van der Waals surface area contributed by atoms with E-state index in [0.29, 0.717) is 35.9 Å². The summed E-state index contributed by atoms with van der Waals surface area (Å²) in [5.74, 6) is 0.705. The predicted octanol–water partition coefficient (Wildman–Crippen LogP) is 3.21. The summed E-state index contributed by atoms with van der Waals surface area (Å²) in [6, 6.07) is 8.61. The zero-order valence-electron chi connectivity index (χ0n) is 18.9. The fourth-order valence-electron chi connectivity index (χ4n) is 5.76. The lowest BCUT2D eigenvalue weighted by atomic mass is 9.83. The molecule has 3 aliphatic heterocycles. The maximum Gasteiger partial charge on any atom is 0.337 e. The average molecular weight is 428 g/mol. The molecule has 0 bridgehead atoms. The van der Waals surface area contributed by atoms with E-state index < -0.39 is 0 Å². The summed E-state index contributed by atoms with van der Waals surface area (Å²) < 4.78 is 4.74. The van der Waals surface area contributed by atoms with Crippen LogP contribution >= 0.6 is 0 Å². The Bertz CT molecular complexity index is 749. The molecule has 1 unspecified atom stereocenters. The first-order valence-electron chi connectivity index (χ1n) is 12.1. The number of amides is 1. The van der Waals surface area contributed by atoms with Gasteiger partial charge in [0.1, 0.15) is 0 Å². The van der Waals surface area contributed by atoms with Crippen LogP contribution in [-0.2, 0) is 16.1 Å². The highest BCUT2D eigenvalue weighted by molar-refractivity contribution is 5.89. The molecule has 6 nitrogen and oxygen atoms in total. The van der Waals surface area contributed by atoms with Gasteiger partial charge in [-0.2, -0.15) is 0 Å². The van der Waals surface area contributed by atoms with Crippen molar-refractivity contribution in [3.8, 4) is 0 Å². The molecule has 31 heavy (non-hydrogen) atoms. The summed E-state index contributed by atoms with van der Waals surface area (Å²) in [6.45, 7) is 5.13. The van der Waals surface area contributed by atoms with Crippen LogP contribution in [0.25, 0.3) is 0 Å². The molecule has 1 N–H and O–H groups in total. The van der Waals surface area contributed by atoms with Crippen molar-refractivity contribution in [3.05, 3.63) is 35.4 Å². The fourth-order valence-corrected chi connectivity index (χ4v) is 5.76. The van der Waals surface area contributed by atoms with Crippen molar-refractivity contribution in [2.75, 3.05) is 33.3 Å². The van der Waals surface area contributed by atoms with Gasteiger partial charge in [-0.15, -0.1) is 0 Å². The number of nitrogens with zero attached hydrogens (tertiary/aromatic N) is 2. The van der Waals surface area contributed by atoms with Crippen molar-refractivity contribution in [3.63, 3.8) is 0 Å². The molecule has 0 saturated carbocycles. The maximum atomic E-state index is 12.6. The molecule has 3 atom stereocenters. The smallest absolute Gasteiger partial charge is 0.337 e. The molecular formula is C25H37N3O3. The number of piperidine rings is 2. The summed E-state index contributed by atoms with van der Waals surface area (Å²) in [5.41, 5.74) is 1.72. The number of hydrogen-bond donors (Lipinski definition) is 1. The van der Waals surface area contributed by atoms with Crippen molar-refractivity contribution in [1.82, 2.24) is 15.1 Å². The molecule has 4 rings (SSSR count). The van der Waals surface area contributed by atoms with Crippen molar-refractivity contribution < 1.29 is 14.3 Å². The lowest BCUT2D eigenvalue weighted by molar-refractivity contribution is -0.130. The Morgan fingerprint density at radius 2 is 1.90 bits per heavy atom. The maximum absolute atomic E-state index is 12.6. The number of likely N-dealkylation sites (tertiary alicyclic amines) is 1. The molecule has 3 fully saturated rings. The SMILES string of the molecule is COC(=O)c1ccc(CNCCC2CCC(=O)N2C[C@@H]2CCCN3CCCC[C@H]23)cc1. The van der Waals surface area contributed by atoms with E-state index in [1.54, 1.807) is 12.1 Å². The molecule has 0 aromatic heterocycles. The van der Waals surface area contributed by atoms with Crippen LogP contribution < -0.4 is 5.32 Å². The first kappa shape index (κ1) is 22.3. The fraction of sp³-hybridized carbons (Fsp3) is 0.680. The van der Waals surface area contributed by atoms with E-state index in [1.165, 1.54) is 52.3 Å². The van der Waals surface area contributed by atoms with Gasteiger partial charge in [0.25, 0.3) is 0 Å². The summed E-state index contributed by atoms with van der Waals surface area (Å²) >= 11 is 0. The van der Waals surface area contributed by atoms with Crippen LogP contribution in [-0.4, -0.2) is 67.0 Å². The molecule has 3 heterocycles. The number of hydrogen-bond acceptors (Lipinski definition) is 5. The molecule has 1 aromatic rings. The van der Waals surface area contributed by atoms with Gasteiger partial charge >= 0.3 is 5.97 Å². The van der Waals surface area contributed by atoms with E-state index in [0.717, 1.165) is 38.0 Å². The van der Waals surface area contributed by atoms with Crippen LogP contribution in [0.4, 0.5) is 0 Å². The van der Waals surface area contributed by atoms with Crippen molar-refractivity contribution in [1.29, 1.82) is 0 Å². The van der Waals surface area contributed by atoms with Crippen LogP contribution in [0.15, 0.2) is 24.3 Å². The average Bonchev–Trinajstić information content (AvgIpc) is 3.16. The molecule has 170 valence electrons. The molecule has 0 radical (unpaired) electrons. The number of fused-ring (bicyclic) bond motifs is 1. The van der Waals surface area contributed by atoms with Crippen molar-refractivity contribution in [2.45, 2.75) is 70.0 Å². The van der Waals surface area contributed by atoms with Gasteiger partial charge in [0.15, 0.2) is 0 Å². The molecule has 1 amide bonds. The van der Waals surface area contributed by atoms with Crippen LogP contribution in [0.2, 0.25) is 0 Å². The van der Waals surface area contributed by atoms with E-state index in [1.807, 2.05) is 12.1 Å². The Kier molecular flexibility index (Phi) is 7.62. The highest BCUT2D eigenvalue weighted by Gasteiger charge is 2.38. The molecule has 3 saturated heterocycles. The Morgan fingerprint density at radius 3 is 2.71 bits per heavy atom. The second kappa shape index (κ2) is 10.6. The number of methoxy groups -OCH3 is 1. The Balaban J connectivity index is 1.24. The highest BCUT2D eigenvalue weighted by Crippen LogP contribution is 2.33. The van der Waals surface area contributed by atoms with E-state index in [2.05, 4.69) is 15.1 Å². The third-order valence-electron chi connectivity index (χ3n) is 7.47. The second-order valence-corrected chi connectivity index (χ2v) is 9.39. The third kappa shape index (κ3) is 5.47. The standard InChI is InChI=1S/C25H37N3O3/c1-31-25(30)20-9-7-19(8-10-20)17-26-14-13-22-11-12-24(29)28(22)18-21-5-4-16-27-15-3-2-6-23(21)27/h7-10,21-23,26H,2-6,11-18H2,1H3/t21-,22?,23+/m0/s1. The Morgan fingerprint density at radius 1 is 1.10 bits per heavy atom. The molecule has 1 aromatic carbocycles. The minimum atomic E-state index is -0.306. The minimum Gasteiger partial charge on any atom is -0.465 e. The first-order chi connectivity index (χ1) is 15.2. The van der Waals surface area contributed by atoms with Crippen molar-refractivity contribution in [2.24, 2.45) is 5.92 Å². The Labute approximate surface area is 186 Å². The summed E-state index contributed by atoms with van der Waals surface area (Å²) in [4.78, 5) is 29.1. The van der Waals surface area contributed by atoms with Gasteiger partial charge in [0.2, 0.25) is 5.91 Å². The second-order valence-electron chi connectivity index (χ2n) is 9.39. The van der Waals surface area contributed by atoms with Gasteiger partial charge in [-0.25, -0.2) is 4.79 Å². The topological polar surface area (TPSA) is 61.9 Å². The predicted molar refractivity (Wildman–Crippen MR) is 121 cm³/mol. The summed E-state index contributed by atoms with van der Waals surface area (Å²) in [6.07, 6.45) is 9.27. The number of rotatable bonds is 8. The quantitative estimate of drug-likeness (QED) is 0.510. The summed E-state index contributed by atoms with van der Waals surface area (Å²) in [5, 5.41) is 3.51. The molecule has 0 spiro atoms. The number of carbonyl (C=O) groups excluding carboxylic acids is 2. The van der Waals surface area contributed by atoms with Crippen LogP contribution in [0, 0.1) is 5.92 Å². The van der Waals surface area contributed by atoms with Gasteiger partial charge in [-0.3, -0.25) is 4.79 Å². The van der Waals surface area contributed by atoms with E-state index in [4.69, 9.17) is 4.74 Å². The Hall–Kier alpha value is -1.92. The largest absolute Gasteiger partial charge is 0.465 e. The van der Waals surface area contributed by atoms with E-state index >= 15 is 0 Å². The zero-order chi connectivity index (χ0) is 21.6. The van der Waals surface area contributed by atoms with E-state index in [-0.39, 0.29) is 5.97 Å². The van der Waals surface area contributed by atoms with Gasteiger partial charge in [0.05, 0.1) is 12.7 Å². The normalized spacial score (nSPS) is 26.7. The van der Waals surface area contributed by atoms with Gasteiger partial charge in [-0.05, 0) is 81.8 Å². The number of carbonyl (C=O) groups is 2. The highest BCUT2D eigenvalue weighted by atomic mass is 16.5. The van der Waals surface area contributed by atoms with Crippen molar-refractivity contribution >= 4 is 11.9 Å². The molecule has 0 aliphatic carbocycles. The molecule has 3 aliphatic rings. The lowest BCUT2D eigenvalue weighted by Crippen LogP contribution is -2.52. The first-order valence-corrected chi connectivity index (χ1v) is 12.1. The van der Waals surface area contributed by atoms with Gasteiger partial charge in [0, 0.05) is 31.6 Å². The van der Waals surface area contributed by atoms with Crippen LogP contribution in [0.1, 0.15) is 67.3 Å². The molecule has 6 heteroatoms. The summed E-state index contributed by atoms with van der Waals surface area (Å²) in [7, 11) is 1.40. The van der Waals surface area contributed by atoms with Gasteiger partial charge < -0.3 is 19.9 Å². The minimum absolute atomic E-state index is 0.306. The zero-order valence-corrected chi connectivity index (χ0v) is 18.9. The van der Waals surface area contributed by atoms with Crippen LogP contribution in [0.3, 0.4) is 0 Å². The lowest BCUT2D eigenvalue weighted by Gasteiger charge is -2.46. The molecular weight excluding hydrogens is 390 g/mol. The van der Waals surface area contributed by atoms with E-state index in [9.17, 15) is 9.59 Å². The monoisotopic (exact) mass is 427 g/mol. The number of benzene rings is 1.